The molecule has 0 atom stereocenters. The lowest BCUT2D eigenvalue weighted by molar-refractivity contribution is 0.400. The fraction of sp³-hybridized carbons (Fsp3) is 0. The number of hydrogen-bond donors (Lipinski definition) is 1. The van der Waals surface area contributed by atoms with E-state index in [1.807, 2.05) is 0 Å². The molecule has 0 unspecified atom stereocenters. The summed E-state index contributed by atoms with van der Waals surface area (Å²) >= 11 is 0. The van der Waals surface area contributed by atoms with Gasteiger partial charge in [0.25, 0.3) is 0 Å². The van der Waals surface area contributed by atoms with Crippen molar-refractivity contribution >= 4 is 5.82 Å². The van der Waals surface area contributed by atoms with Gasteiger partial charge >= 0.3 is 0 Å². The van der Waals surface area contributed by atoms with Crippen LogP contribution in [-0.4, -0.2) is 10.1 Å². The third kappa shape index (κ3) is 0.621. The SMILES string of the molecule is Nc1cc2cconc-2n1. The summed E-state index contributed by atoms with van der Waals surface area (Å²) in [5.41, 5.74) is 6.30. The van der Waals surface area contributed by atoms with Crippen molar-refractivity contribution in [2.24, 2.45) is 0 Å². The zero-order chi connectivity index (χ0) is 6.97. The van der Waals surface area contributed by atoms with Crippen LogP contribution in [0.3, 0.4) is 0 Å². The Hall–Kier alpha value is -1.58. The van der Waals surface area contributed by atoms with Gasteiger partial charge in [-0.05, 0) is 12.1 Å². The first-order chi connectivity index (χ1) is 4.86. The van der Waals surface area contributed by atoms with Crippen molar-refractivity contribution < 1.29 is 4.52 Å². The summed E-state index contributed by atoms with van der Waals surface area (Å²) < 4.78 is 4.64. The molecule has 50 valence electrons. The molecule has 2 aliphatic rings. The molecule has 2 aliphatic heterocycles. The average Bonchev–Trinajstić information content (AvgIpc) is 2.27. The van der Waals surface area contributed by atoms with Crippen LogP contribution < -0.4 is 5.73 Å². The van der Waals surface area contributed by atoms with E-state index in [4.69, 9.17) is 5.73 Å². The number of nitrogen functional groups attached to an aromatic ring is 1. The molecule has 0 aromatic heterocycles. The van der Waals surface area contributed by atoms with Gasteiger partial charge in [-0.25, -0.2) is 4.98 Å². The van der Waals surface area contributed by atoms with Crippen LogP contribution in [0.5, 0.6) is 0 Å². The summed E-state index contributed by atoms with van der Waals surface area (Å²) in [5, 5.41) is 3.64. The summed E-state index contributed by atoms with van der Waals surface area (Å²) in [6, 6.07) is 3.52. The van der Waals surface area contributed by atoms with E-state index in [9.17, 15) is 0 Å². The average molecular weight is 135 g/mol. The summed E-state index contributed by atoms with van der Waals surface area (Å²) in [4.78, 5) is 3.89. The van der Waals surface area contributed by atoms with Gasteiger partial charge in [0, 0.05) is 5.56 Å². The van der Waals surface area contributed by atoms with E-state index in [1.54, 1.807) is 12.1 Å². The normalized spacial score (nSPS) is 10.4. The van der Waals surface area contributed by atoms with Crippen LogP contribution in [0, 0.1) is 0 Å². The maximum atomic E-state index is 5.40. The van der Waals surface area contributed by atoms with Crippen molar-refractivity contribution in [2.45, 2.75) is 0 Å². The van der Waals surface area contributed by atoms with Gasteiger partial charge in [0.1, 0.15) is 12.1 Å². The molecule has 0 aromatic carbocycles. The van der Waals surface area contributed by atoms with Gasteiger partial charge < -0.3 is 10.3 Å². The summed E-state index contributed by atoms with van der Waals surface area (Å²) in [5.74, 6) is 1.03. The summed E-state index contributed by atoms with van der Waals surface area (Å²) in [7, 11) is 0. The molecule has 0 fully saturated rings. The van der Waals surface area contributed by atoms with Crippen LogP contribution >= 0.6 is 0 Å². The number of hydrogen-bond acceptors (Lipinski definition) is 4. The quantitative estimate of drug-likeness (QED) is 0.579. The van der Waals surface area contributed by atoms with Gasteiger partial charge in [-0.1, -0.05) is 5.16 Å². The Morgan fingerprint density at radius 1 is 1.50 bits per heavy atom. The third-order valence-electron chi connectivity index (χ3n) is 1.24. The van der Waals surface area contributed by atoms with Crippen molar-refractivity contribution in [3.63, 3.8) is 0 Å². The Labute approximate surface area is 57.0 Å². The monoisotopic (exact) mass is 135 g/mol. The van der Waals surface area contributed by atoms with E-state index in [0.717, 1.165) is 5.56 Å². The van der Waals surface area contributed by atoms with Crippen LogP contribution in [0.25, 0.3) is 11.4 Å². The van der Waals surface area contributed by atoms with Crippen LogP contribution in [0.1, 0.15) is 0 Å². The lowest BCUT2D eigenvalue weighted by Crippen LogP contribution is -1.82. The maximum Gasteiger partial charge on any atom is 0.201 e. The molecule has 0 saturated heterocycles. The summed E-state index contributed by atoms with van der Waals surface area (Å²) in [6.07, 6.45) is 1.49. The van der Waals surface area contributed by atoms with Gasteiger partial charge in [0.2, 0.25) is 5.82 Å². The highest BCUT2D eigenvalue weighted by molar-refractivity contribution is 5.62. The zero-order valence-corrected chi connectivity index (χ0v) is 5.11. The fourth-order valence-corrected chi connectivity index (χ4v) is 0.823. The van der Waals surface area contributed by atoms with Gasteiger partial charge in [-0.2, -0.15) is 0 Å². The summed E-state index contributed by atoms with van der Waals surface area (Å²) in [6.45, 7) is 0. The van der Waals surface area contributed by atoms with Crippen LogP contribution in [0.15, 0.2) is 22.9 Å². The van der Waals surface area contributed by atoms with Crippen LogP contribution in [0.4, 0.5) is 5.82 Å². The fourth-order valence-electron chi connectivity index (χ4n) is 0.823. The minimum Gasteiger partial charge on any atom is -0.384 e. The molecule has 0 spiro atoms. The Morgan fingerprint density at radius 2 is 2.40 bits per heavy atom. The third-order valence-corrected chi connectivity index (χ3v) is 1.24. The molecule has 0 radical (unpaired) electrons. The van der Waals surface area contributed by atoms with Gasteiger partial charge in [0.15, 0.2) is 0 Å². The van der Waals surface area contributed by atoms with Crippen molar-refractivity contribution in [2.75, 3.05) is 5.73 Å². The highest BCUT2D eigenvalue weighted by atomic mass is 16.4. The number of rotatable bonds is 0. The zero-order valence-electron chi connectivity index (χ0n) is 5.11. The van der Waals surface area contributed by atoms with Gasteiger partial charge in [0.05, 0.1) is 0 Å². The van der Waals surface area contributed by atoms with E-state index in [-0.39, 0.29) is 0 Å². The van der Waals surface area contributed by atoms with Gasteiger partial charge in [-0.3, -0.25) is 0 Å². The van der Waals surface area contributed by atoms with Crippen molar-refractivity contribution in [3.05, 3.63) is 18.4 Å². The first kappa shape index (κ1) is 5.22. The highest BCUT2D eigenvalue weighted by Crippen LogP contribution is 2.19. The van der Waals surface area contributed by atoms with E-state index < -0.39 is 0 Å². The molecule has 0 bridgehead atoms. The Morgan fingerprint density at radius 3 is 3.20 bits per heavy atom. The molecule has 4 nitrogen and oxygen atoms in total. The Balaban J connectivity index is 2.76. The predicted octanol–water partition coefficient (Wildman–Crippen LogP) is 0.757. The van der Waals surface area contributed by atoms with Crippen LogP contribution in [-0.2, 0) is 0 Å². The highest BCUT2D eigenvalue weighted by Gasteiger charge is 2.06. The maximum absolute atomic E-state index is 5.40. The lowest BCUT2D eigenvalue weighted by atomic mass is 10.3. The Kier molecular flexibility index (Phi) is 0.887. The number of nitrogens with two attached hydrogens (primary N) is 1. The number of aromatic nitrogens is 2. The minimum absolute atomic E-state index is 0.476. The van der Waals surface area contributed by atoms with E-state index in [2.05, 4.69) is 14.7 Å². The standard InChI is InChI=1S/C6H5N3O/c7-5-3-4-1-2-10-9-6(4)8-5/h1-3H,(H2,7,8,9). The molecule has 4 heteroatoms. The molecule has 0 saturated carbocycles. The molecule has 2 heterocycles. The van der Waals surface area contributed by atoms with Crippen molar-refractivity contribution in [3.8, 4) is 11.4 Å². The molecular weight excluding hydrogens is 130 g/mol. The van der Waals surface area contributed by atoms with Crippen molar-refractivity contribution in [1.29, 1.82) is 0 Å². The van der Waals surface area contributed by atoms with Gasteiger partial charge in [-0.15, -0.1) is 0 Å². The number of nitrogens with zero attached hydrogens (tertiary/aromatic N) is 2. The molecular formula is C6H5N3O. The minimum atomic E-state index is 0.476. The lowest BCUT2D eigenvalue weighted by Gasteiger charge is -1.87. The first-order valence-electron chi connectivity index (χ1n) is 2.83. The Bertz CT molecular complexity index is 287. The topological polar surface area (TPSA) is 64.9 Å². The number of anilines is 1. The number of fused-ring (bicyclic) bond motifs is 1. The second-order valence-electron chi connectivity index (χ2n) is 1.96. The molecule has 0 amide bonds. The second kappa shape index (κ2) is 1.70. The van der Waals surface area contributed by atoms with E-state index >= 15 is 0 Å². The van der Waals surface area contributed by atoms with E-state index in [1.165, 1.54) is 6.26 Å². The largest absolute Gasteiger partial charge is 0.384 e. The molecule has 10 heavy (non-hydrogen) atoms. The van der Waals surface area contributed by atoms with Crippen molar-refractivity contribution in [1.82, 2.24) is 10.1 Å². The molecule has 0 aromatic rings. The first-order valence-corrected chi connectivity index (χ1v) is 2.83. The van der Waals surface area contributed by atoms with Crippen LogP contribution in [0.2, 0.25) is 0 Å². The molecule has 0 aliphatic carbocycles. The smallest absolute Gasteiger partial charge is 0.201 e. The predicted molar refractivity (Wildman–Crippen MR) is 35.3 cm³/mol. The molecule has 2 N–H and O–H groups in total. The second-order valence-corrected chi connectivity index (χ2v) is 1.96. The molecule has 2 rings (SSSR count). The van der Waals surface area contributed by atoms with E-state index in [0.29, 0.717) is 11.6 Å².